The topological polar surface area (TPSA) is 75.5 Å². The smallest absolute Gasteiger partial charge is 0.244 e. The largest absolute Gasteiger partial charge is 0.355 e. The van der Waals surface area contributed by atoms with Crippen molar-refractivity contribution in [1.82, 2.24) is 20.0 Å². The van der Waals surface area contributed by atoms with Crippen molar-refractivity contribution >= 4 is 35.1 Å². The van der Waals surface area contributed by atoms with Gasteiger partial charge in [-0.05, 0) is 32.1 Å². The van der Waals surface area contributed by atoms with Gasteiger partial charge in [0.1, 0.15) is 11.7 Å². The standard InChI is InChI=1S/C15H17ClN4O2/c1-3-17-15(22)10(2)18-13(21)8-7-11-14(16)19-12-6-4-5-9-20(11)12/h4-10H,3H2,1-2H3,(H,17,22)(H,18,21)/b8-7+/t10-/m1/s1. The molecule has 2 amide bonds. The summed E-state index contributed by atoms with van der Waals surface area (Å²) < 4.78 is 1.78. The second-order valence-corrected chi connectivity index (χ2v) is 5.03. The van der Waals surface area contributed by atoms with E-state index in [-0.39, 0.29) is 11.8 Å². The number of carbonyl (C=O) groups is 2. The molecule has 6 nitrogen and oxygen atoms in total. The fourth-order valence-electron chi connectivity index (χ4n) is 1.94. The number of imidazole rings is 1. The monoisotopic (exact) mass is 320 g/mol. The van der Waals surface area contributed by atoms with Gasteiger partial charge in [-0.25, -0.2) is 4.98 Å². The molecule has 22 heavy (non-hydrogen) atoms. The number of pyridine rings is 1. The van der Waals surface area contributed by atoms with E-state index in [2.05, 4.69) is 15.6 Å². The molecule has 116 valence electrons. The van der Waals surface area contributed by atoms with Gasteiger partial charge in [-0.2, -0.15) is 0 Å². The summed E-state index contributed by atoms with van der Waals surface area (Å²) in [5, 5.41) is 5.54. The Bertz CT molecular complexity index is 723. The number of likely N-dealkylation sites (N-methyl/N-ethyl adjacent to an activating group) is 1. The molecule has 0 saturated heterocycles. The van der Waals surface area contributed by atoms with Gasteiger partial charge in [-0.3, -0.25) is 14.0 Å². The number of nitrogens with one attached hydrogen (secondary N) is 2. The Morgan fingerprint density at radius 1 is 1.45 bits per heavy atom. The molecule has 0 aromatic carbocycles. The van der Waals surface area contributed by atoms with Crippen LogP contribution < -0.4 is 10.6 Å². The van der Waals surface area contributed by atoms with Crippen LogP contribution in [0.3, 0.4) is 0 Å². The summed E-state index contributed by atoms with van der Waals surface area (Å²) in [5.41, 5.74) is 1.31. The number of fused-ring (bicyclic) bond motifs is 1. The van der Waals surface area contributed by atoms with Gasteiger partial charge < -0.3 is 10.6 Å². The number of aromatic nitrogens is 2. The predicted molar refractivity (Wildman–Crippen MR) is 85.5 cm³/mol. The number of rotatable bonds is 5. The van der Waals surface area contributed by atoms with Gasteiger partial charge in [0.05, 0.1) is 5.69 Å². The molecule has 0 aliphatic heterocycles. The Kier molecular flexibility index (Phi) is 5.16. The first-order valence-corrected chi connectivity index (χ1v) is 7.29. The molecule has 0 bridgehead atoms. The van der Waals surface area contributed by atoms with Crippen LogP contribution in [0.5, 0.6) is 0 Å². The molecule has 2 aromatic heterocycles. The highest BCUT2D eigenvalue weighted by atomic mass is 35.5. The predicted octanol–water partition coefficient (Wildman–Crippen LogP) is 1.64. The summed E-state index contributed by atoms with van der Waals surface area (Å²) in [4.78, 5) is 27.6. The van der Waals surface area contributed by atoms with Crippen LogP contribution in [0, 0.1) is 0 Å². The zero-order valence-electron chi connectivity index (χ0n) is 12.3. The average Bonchev–Trinajstić information content (AvgIpc) is 2.80. The lowest BCUT2D eigenvalue weighted by molar-refractivity contribution is -0.126. The molecule has 0 unspecified atom stereocenters. The molecule has 2 N–H and O–H groups in total. The van der Waals surface area contributed by atoms with Crippen LogP contribution in [0.1, 0.15) is 19.5 Å². The molecular weight excluding hydrogens is 304 g/mol. The maximum absolute atomic E-state index is 11.9. The Hall–Kier alpha value is -2.34. The van der Waals surface area contributed by atoms with E-state index in [0.717, 1.165) is 0 Å². The lowest BCUT2D eigenvalue weighted by atomic mass is 10.3. The maximum atomic E-state index is 11.9. The molecule has 0 fully saturated rings. The summed E-state index contributed by atoms with van der Waals surface area (Å²) in [7, 11) is 0. The van der Waals surface area contributed by atoms with Crippen LogP contribution in [0.4, 0.5) is 0 Å². The van der Waals surface area contributed by atoms with E-state index >= 15 is 0 Å². The summed E-state index contributed by atoms with van der Waals surface area (Å²) in [6.07, 6.45) is 4.71. The third-order valence-electron chi connectivity index (χ3n) is 3.02. The fraction of sp³-hybridized carbons (Fsp3) is 0.267. The van der Waals surface area contributed by atoms with E-state index in [1.54, 1.807) is 17.4 Å². The molecule has 0 spiro atoms. The Morgan fingerprint density at radius 2 is 2.23 bits per heavy atom. The molecule has 7 heteroatoms. The molecule has 0 saturated carbocycles. The molecule has 2 heterocycles. The summed E-state index contributed by atoms with van der Waals surface area (Å²) in [6, 6.07) is 4.92. The summed E-state index contributed by atoms with van der Waals surface area (Å²) in [5.74, 6) is -0.599. The number of carbonyl (C=O) groups excluding carboxylic acids is 2. The van der Waals surface area contributed by atoms with Crippen LogP contribution in [0.15, 0.2) is 30.5 Å². The van der Waals surface area contributed by atoms with Crippen molar-refractivity contribution in [2.75, 3.05) is 6.54 Å². The van der Waals surface area contributed by atoms with E-state index < -0.39 is 6.04 Å². The average molecular weight is 321 g/mol. The molecule has 1 atom stereocenters. The lowest BCUT2D eigenvalue weighted by Crippen LogP contribution is -2.44. The van der Waals surface area contributed by atoms with E-state index in [0.29, 0.717) is 23.0 Å². The minimum atomic E-state index is -0.602. The Balaban J connectivity index is 2.09. The number of nitrogens with zero attached hydrogens (tertiary/aromatic N) is 2. The van der Waals surface area contributed by atoms with Gasteiger partial charge in [0.2, 0.25) is 11.8 Å². The van der Waals surface area contributed by atoms with Crippen molar-refractivity contribution in [3.63, 3.8) is 0 Å². The zero-order chi connectivity index (χ0) is 16.1. The third kappa shape index (κ3) is 3.65. The first kappa shape index (κ1) is 16.0. The van der Waals surface area contributed by atoms with E-state index in [1.165, 1.54) is 6.08 Å². The van der Waals surface area contributed by atoms with E-state index in [9.17, 15) is 9.59 Å². The van der Waals surface area contributed by atoms with Crippen molar-refractivity contribution in [3.8, 4) is 0 Å². The molecule has 2 rings (SSSR count). The normalized spacial score (nSPS) is 12.5. The molecular formula is C15H17ClN4O2. The highest BCUT2D eigenvalue weighted by molar-refractivity contribution is 6.31. The van der Waals surface area contributed by atoms with Gasteiger partial charge in [-0.1, -0.05) is 17.7 Å². The van der Waals surface area contributed by atoms with E-state index in [1.807, 2.05) is 31.3 Å². The van der Waals surface area contributed by atoms with Crippen molar-refractivity contribution < 1.29 is 9.59 Å². The van der Waals surface area contributed by atoms with Gasteiger partial charge >= 0.3 is 0 Å². The minimum Gasteiger partial charge on any atom is -0.355 e. The van der Waals surface area contributed by atoms with Crippen LogP contribution in [-0.2, 0) is 9.59 Å². The van der Waals surface area contributed by atoms with Gasteiger partial charge in [0.15, 0.2) is 5.15 Å². The molecule has 0 aliphatic rings. The van der Waals surface area contributed by atoms with Crippen molar-refractivity contribution in [2.24, 2.45) is 0 Å². The highest BCUT2D eigenvalue weighted by Gasteiger charge is 2.13. The second kappa shape index (κ2) is 7.09. The first-order valence-electron chi connectivity index (χ1n) is 6.91. The van der Waals surface area contributed by atoms with Crippen molar-refractivity contribution in [1.29, 1.82) is 0 Å². The van der Waals surface area contributed by atoms with Crippen LogP contribution in [0.2, 0.25) is 5.15 Å². The lowest BCUT2D eigenvalue weighted by Gasteiger charge is -2.11. The van der Waals surface area contributed by atoms with Crippen molar-refractivity contribution in [3.05, 3.63) is 41.3 Å². The molecule has 0 aliphatic carbocycles. The van der Waals surface area contributed by atoms with Crippen molar-refractivity contribution in [2.45, 2.75) is 19.9 Å². The number of hydrogen-bond acceptors (Lipinski definition) is 3. The quantitative estimate of drug-likeness (QED) is 0.822. The fourth-order valence-corrected chi connectivity index (χ4v) is 2.18. The number of hydrogen-bond donors (Lipinski definition) is 2. The van der Waals surface area contributed by atoms with Crippen LogP contribution in [-0.4, -0.2) is 33.8 Å². The van der Waals surface area contributed by atoms with Crippen LogP contribution >= 0.6 is 11.6 Å². The molecule has 2 aromatic rings. The Labute approximate surface area is 133 Å². The zero-order valence-corrected chi connectivity index (χ0v) is 13.1. The first-order chi connectivity index (χ1) is 10.5. The van der Waals surface area contributed by atoms with Gasteiger partial charge in [0, 0.05) is 18.8 Å². The SMILES string of the molecule is CCNC(=O)[C@@H](C)NC(=O)/C=C/c1c(Cl)nc2ccccn12. The van der Waals surface area contributed by atoms with Gasteiger partial charge in [-0.15, -0.1) is 0 Å². The highest BCUT2D eigenvalue weighted by Crippen LogP contribution is 2.18. The second-order valence-electron chi connectivity index (χ2n) is 4.67. The maximum Gasteiger partial charge on any atom is 0.244 e. The van der Waals surface area contributed by atoms with Gasteiger partial charge in [0.25, 0.3) is 0 Å². The number of amides is 2. The summed E-state index contributed by atoms with van der Waals surface area (Å²) >= 11 is 6.07. The Morgan fingerprint density at radius 3 is 2.95 bits per heavy atom. The third-order valence-corrected chi connectivity index (χ3v) is 3.30. The summed E-state index contributed by atoms with van der Waals surface area (Å²) in [6.45, 7) is 3.96. The van der Waals surface area contributed by atoms with E-state index in [4.69, 9.17) is 11.6 Å². The molecule has 0 radical (unpaired) electrons. The minimum absolute atomic E-state index is 0.225. The number of halogens is 1. The van der Waals surface area contributed by atoms with Crippen LogP contribution in [0.25, 0.3) is 11.7 Å².